The molecule has 0 saturated heterocycles. The van der Waals surface area contributed by atoms with Crippen molar-refractivity contribution in [2.75, 3.05) is 27.3 Å². The summed E-state index contributed by atoms with van der Waals surface area (Å²) in [6.45, 7) is 2.18. The van der Waals surface area contributed by atoms with Crippen LogP contribution in [0.4, 0.5) is 4.39 Å². The maximum Gasteiger partial charge on any atom is 0.259 e. The molecule has 2 aromatic carbocycles. The molecule has 0 spiro atoms. The predicted octanol–water partition coefficient (Wildman–Crippen LogP) is 4.60. The molecule has 152 valence electrons. The summed E-state index contributed by atoms with van der Waals surface area (Å²) in [5, 5.41) is 4.02. The second-order valence-electron chi connectivity index (χ2n) is 6.31. The van der Waals surface area contributed by atoms with Gasteiger partial charge in [0, 0.05) is 7.05 Å². The largest absolute Gasteiger partial charge is 0.497 e. The first-order valence-electron chi connectivity index (χ1n) is 8.85. The van der Waals surface area contributed by atoms with Crippen LogP contribution in [0.5, 0.6) is 11.5 Å². The van der Waals surface area contributed by atoms with E-state index in [1.165, 1.54) is 23.1 Å². The first kappa shape index (κ1) is 20.7. The summed E-state index contributed by atoms with van der Waals surface area (Å²) in [5.74, 6) is 0.729. The Morgan fingerprint density at radius 3 is 2.55 bits per heavy atom. The van der Waals surface area contributed by atoms with Crippen LogP contribution in [-0.4, -0.2) is 43.3 Å². The average molecular weight is 419 g/mol. The fourth-order valence-electron chi connectivity index (χ4n) is 2.78. The number of aryl methyl sites for hydroxylation is 1. The molecule has 0 atom stereocenters. The molecule has 0 fully saturated rings. The van der Waals surface area contributed by atoms with Gasteiger partial charge >= 0.3 is 0 Å². The number of carbonyl (C=O) groups is 1. The van der Waals surface area contributed by atoms with Crippen LogP contribution in [0, 0.1) is 12.7 Å². The molecule has 0 saturated carbocycles. The van der Waals surface area contributed by atoms with E-state index in [2.05, 4.69) is 5.16 Å². The van der Waals surface area contributed by atoms with Gasteiger partial charge < -0.3 is 18.9 Å². The van der Waals surface area contributed by atoms with Gasteiger partial charge in [0.1, 0.15) is 40.9 Å². The average Bonchev–Trinajstić information content (AvgIpc) is 3.08. The van der Waals surface area contributed by atoms with Crippen molar-refractivity contribution in [3.63, 3.8) is 0 Å². The molecule has 3 rings (SSSR count). The molecule has 0 N–H and O–H groups in total. The van der Waals surface area contributed by atoms with Crippen molar-refractivity contribution in [2.24, 2.45) is 0 Å². The van der Waals surface area contributed by atoms with E-state index < -0.39 is 5.82 Å². The topological polar surface area (TPSA) is 64.8 Å². The second-order valence-corrected chi connectivity index (χ2v) is 6.72. The quantitative estimate of drug-likeness (QED) is 0.561. The van der Waals surface area contributed by atoms with E-state index >= 15 is 0 Å². The Balaban J connectivity index is 1.72. The maximum absolute atomic E-state index is 14.3. The van der Waals surface area contributed by atoms with Crippen LogP contribution in [0.3, 0.4) is 0 Å². The fraction of sp³-hybridized carbons (Fsp3) is 0.238. The van der Waals surface area contributed by atoms with E-state index in [-0.39, 0.29) is 40.1 Å². The standard InChI is InChI=1S/C21H20ClFN2O4/c1-13-18(20(24-29-13)19-16(22)5-4-6-17(19)23)21(26)25(2)11-12-28-15-9-7-14(27-3)8-10-15/h4-10H,11-12H2,1-3H3. The molecule has 8 heteroatoms. The van der Waals surface area contributed by atoms with Crippen molar-refractivity contribution in [1.29, 1.82) is 0 Å². The summed E-state index contributed by atoms with van der Waals surface area (Å²) in [6.07, 6.45) is 0. The van der Waals surface area contributed by atoms with Gasteiger partial charge in [0.2, 0.25) is 0 Å². The molecule has 29 heavy (non-hydrogen) atoms. The number of halogens is 2. The fourth-order valence-corrected chi connectivity index (χ4v) is 3.04. The van der Waals surface area contributed by atoms with E-state index in [0.29, 0.717) is 12.3 Å². The number of aromatic nitrogens is 1. The molecule has 3 aromatic rings. The Bertz CT molecular complexity index is 984. The van der Waals surface area contributed by atoms with Crippen molar-refractivity contribution in [3.05, 3.63) is 64.6 Å². The third kappa shape index (κ3) is 4.51. The highest BCUT2D eigenvalue weighted by atomic mass is 35.5. The number of carbonyl (C=O) groups excluding carboxylic acids is 1. The Morgan fingerprint density at radius 2 is 1.90 bits per heavy atom. The number of hydrogen-bond acceptors (Lipinski definition) is 5. The third-order valence-electron chi connectivity index (χ3n) is 4.38. The number of methoxy groups -OCH3 is 1. The smallest absolute Gasteiger partial charge is 0.259 e. The van der Waals surface area contributed by atoms with E-state index in [0.717, 1.165) is 5.75 Å². The minimum absolute atomic E-state index is 0.0391. The molecule has 0 aliphatic rings. The Morgan fingerprint density at radius 1 is 1.21 bits per heavy atom. The van der Waals surface area contributed by atoms with Gasteiger partial charge in [-0.25, -0.2) is 4.39 Å². The highest BCUT2D eigenvalue weighted by Gasteiger charge is 2.27. The molecule has 6 nitrogen and oxygen atoms in total. The van der Waals surface area contributed by atoms with Crippen molar-refractivity contribution in [3.8, 4) is 22.8 Å². The minimum atomic E-state index is -0.578. The molecular formula is C21H20ClFN2O4. The zero-order chi connectivity index (χ0) is 21.0. The molecule has 0 aliphatic heterocycles. The van der Waals surface area contributed by atoms with Gasteiger partial charge in [-0.2, -0.15) is 0 Å². The summed E-state index contributed by atoms with van der Waals surface area (Å²) >= 11 is 6.13. The molecule has 0 bridgehead atoms. The number of ether oxygens (including phenoxy) is 2. The van der Waals surface area contributed by atoms with E-state index in [1.807, 2.05) is 0 Å². The first-order chi connectivity index (χ1) is 13.9. The van der Waals surface area contributed by atoms with E-state index in [4.69, 9.17) is 25.6 Å². The van der Waals surface area contributed by atoms with Crippen LogP contribution in [0.15, 0.2) is 47.0 Å². The molecule has 0 unspecified atom stereocenters. The van der Waals surface area contributed by atoms with Crippen LogP contribution >= 0.6 is 11.6 Å². The highest BCUT2D eigenvalue weighted by Crippen LogP contribution is 2.33. The number of nitrogens with zero attached hydrogens (tertiary/aromatic N) is 2. The summed E-state index contributed by atoms with van der Waals surface area (Å²) in [7, 11) is 3.21. The van der Waals surface area contributed by atoms with E-state index in [1.54, 1.807) is 45.3 Å². The van der Waals surface area contributed by atoms with Gasteiger partial charge in [-0.1, -0.05) is 22.8 Å². The highest BCUT2D eigenvalue weighted by molar-refractivity contribution is 6.33. The van der Waals surface area contributed by atoms with Crippen LogP contribution < -0.4 is 9.47 Å². The number of likely N-dealkylation sites (N-methyl/N-ethyl adjacent to an activating group) is 1. The predicted molar refractivity (Wildman–Crippen MR) is 107 cm³/mol. The SMILES string of the molecule is COc1ccc(OCCN(C)C(=O)c2c(-c3c(F)cccc3Cl)noc2C)cc1. The monoisotopic (exact) mass is 418 g/mol. The molecule has 0 radical (unpaired) electrons. The molecule has 1 aromatic heterocycles. The zero-order valence-corrected chi connectivity index (χ0v) is 17.0. The zero-order valence-electron chi connectivity index (χ0n) is 16.2. The van der Waals surface area contributed by atoms with Crippen molar-refractivity contribution in [2.45, 2.75) is 6.92 Å². The number of amides is 1. The second kappa shape index (κ2) is 8.96. The van der Waals surface area contributed by atoms with Crippen LogP contribution in [0.1, 0.15) is 16.1 Å². The number of rotatable bonds is 7. The normalized spacial score (nSPS) is 10.7. The Labute approximate surface area is 172 Å². The third-order valence-corrected chi connectivity index (χ3v) is 4.69. The van der Waals surface area contributed by atoms with Crippen LogP contribution in [-0.2, 0) is 0 Å². The van der Waals surface area contributed by atoms with E-state index in [9.17, 15) is 9.18 Å². The van der Waals surface area contributed by atoms with Gasteiger partial charge in [-0.3, -0.25) is 4.79 Å². The minimum Gasteiger partial charge on any atom is -0.497 e. The number of benzene rings is 2. The van der Waals surface area contributed by atoms with Gasteiger partial charge in [0.25, 0.3) is 5.91 Å². The van der Waals surface area contributed by atoms with Gasteiger partial charge in [0.15, 0.2) is 0 Å². The summed E-state index contributed by atoms with van der Waals surface area (Å²) in [5.41, 5.74) is 0.291. The van der Waals surface area contributed by atoms with Crippen molar-refractivity contribution in [1.82, 2.24) is 10.1 Å². The van der Waals surface area contributed by atoms with Gasteiger partial charge in [-0.05, 0) is 43.3 Å². The number of hydrogen-bond donors (Lipinski definition) is 0. The van der Waals surface area contributed by atoms with Crippen LogP contribution in [0.25, 0.3) is 11.3 Å². The Hall–Kier alpha value is -3.06. The lowest BCUT2D eigenvalue weighted by molar-refractivity contribution is 0.0772. The van der Waals surface area contributed by atoms with Crippen LogP contribution in [0.2, 0.25) is 5.02 Å². The molecule has 0 aliphatic carbocycles. The lowest BCUT2D eigenvalue weighted by atomic mass is 10.0. The molecule has 1 heterocycles. The molecule has 1 amide bonds. The van der Waals surface area contributed by atoms with Crippen molar-refractivity contribution < 1.29 is 23.2 Å². The summed E-state index contributed by atoms with van der Waals surface area (Å²) in [4.78, 5) is 14.4. The first-order valence-corrected chi connectivity index (χ1v) is 9.23. The molecular weight excluding hydrogens is 399 g/mol. The summed E-state index contributed by atoms with van der Waals surface area (Å²) < 4.78 is 30.2. The van der Waals surface area contributed by atoms with Gasteiger partial charge in [-0.15, -0.1) is 0 Å². The maximum atomic E-state index is 14.3. The lowest BCUT2D eigenvalue weighted by Gasteiger charge is -2.18. The van der Waals surface area contributed by atoms with Crippen molar-refractivity contribution >= 4 is 17.5 Å². The van der Waals surface area contributed by atoms with Gasteiger partial charge in [0.05, 0.1) is 24.2 Å². The lowest BCUT2D eigenvalue weighted by Crippen LogP contribution is -2.31. The summed E-state index contributed by atoms with van der Waals surface area (Å²) in [6, 6.07) is 11.4. The Kier molecular flexibility index (Phi) is 6.39.